The van der Waals surface area contributed by atoms with Gasteiger partial charge in [-0.05, 0) is 48.7 Å². The number of rotatable bonds is 8. The molecule has 0 unspecified atom stereocenters. The van der Waals surface area contributed by atoms with Crippen molar-refractivity contribution >= 4 is 15.9 Å². The Labute approximate surface area is 213 Å². The van der Waals surface area contributed by atoms with Gasteiger partial charge in [0.2, 0.25) is 15.9 Å². The van der Waals surface area contributed by atoms with Crippen LogP contribution < -0.4 is 9.46 Å². The predicted octanol–water partition coefficient (Wildman–Crippen LogP) is 3.60. The SMILES string of the molecule is COc1ccc(S(=O)(=O)N[C@@H](C)C(=O)N2CCN(C(c3ccccc3)c3ccccc3)CC2)cc1C. The lowest BCUT2D eigenvalue weighted by Gasteiger charge is -2.40. The molecular formula is C28H33N3O4S. The second kappa shape index (κ2) is 11.2. The smallest absolute Gasteiger partial charge is 0.241 e. The van der Waals surface area contributed by atoms with Crippen molar-refractivity contribution in [2.24, 2.45) is 0 Å². The maximum Gasteiger partial charge on any atom is 0.241 e. The Hall–Kier alpha value is -3.20. The summed E-state index contributed by atoms with van der Waals surface area (Å²) in [5.41, 5.74) is 3.13. The monoisotopic (exact) mass is 507 g/mol. The topological polar surface area (TPSA) is 78.9 Å². The molecule has 1 atom stereocenters. The molecule has 1 aliphatic rings. The van der Waals surface area contributed by atoms with Crippen molar-refractivity contribution in [1.29, 1.82) is 0 Å². The molecule has 1 fully saturated rings. The third-order valence-corrected chi connectivity index (χ3v) is 8.14. The first-order valence-electron chi connectivity index (χ1n) is 12.1. The predicted molar refractivity (Wildman–Crippen MR) is 140 cm³/mol. The van der Waals surface area contributed by atoms with Crippen molar-refractivity contribution in [3.8, 4) is 5.75 Å². The zero-order valence-electron chi connectivity index (χ0n) is 20.9. The second-order valence-corrected chi connectivity index (χ2v) is 10.8. The summed E-state index contributed by atoms with van der Waals surface area (Å²) in [6.45, 7) is 5.82. The zero-order chi connectivity index (χ0) is 25.7. The van der Waals surface area contributed by atoms with E-state index >= 15 is 0 Å². The number of nitrogens with one attached hydrogen (secondary N) is 1. The number of hydrogen-bond acceptors (Lipinski definition) is 5. The van der Waals surface area contributed by atoms with Crippen LogP contribution in [0.2, 0.25) is 0 Å². The molecule has 1 heterocycles. The van der Waals surface area contributed by atoms with Crippen LogP contribution in [0.4, 0.5) is 0 Å². The van der Waals surface area contributed by atoms with Crippen LogP contribution in [0, 0.1) is 6.92 Å². The van der Waals surface area contributed by atoms with Crippen LogP contribution in [0.25, 0.3) is 0 Å². The largest absolute Gasteiger partial charge is 0.496 e. The van der Waals surface area contributed by atoms with E-state index < -0.39 is 16.1 Å². The van der Waals surface area contributed by atoms with E-state index in [1.807, 2.05) is 36.4 Å². The molecule has 1 aliphatic heterocycles. The Morgan fingerprint density at radius 3 is 1.94 bits per heavy atom. The summed E-state index contributed by atoms with van der Waals surface area (Å²) in [5.74, 6) is 0.389. The van der Waals surface area contributed by atoms with E-state index in [4.69, 9.17) is 4.74 Å². The van der Waals surface area contributed by atoms with Gasteiger partial charge in [0.15, 0.2) is 0 Å². The van der Waals surface area contributed by atoms with Crippen molar-refractivity contribution in [3.63, 3.8) is 0 Å². The van der Waals surface area contributed by atoms with E-state index in [0.717, 1.165) is 0 Å². The van der Waals surface area contributed by atoms with Gasteiger partial charge < -0.3 is 9.64 Å². The molecule has 36 heavy (non-hydrogen) atoms. The lowest BCUT2D eigenvalue weighted by atomic mass is 9.96. The molecule has 0 bridgehead atoms. The highest BCUT2D eigenvalue weighted by Gasteiger charge is 2.31. The molecule has 0 aliphatic carbocycles. The molecule has 0 radical (unpaired) electrons. The van der Waals surface area contributed by atoms with Crippen molar-refractivity contribution in [3.05, 3.63) is 95.6 Å². The fourth-order valence-electron chi connectivity index (χ4n) is 4.73. The van der Waals surface area contributed by atoms with Gasteiger partial charge in [0.05, 0.1) is 24.1 Å². The lowest BCUT2D eigenvalue weighted by molar-refractivity contribution is -0.134. The molecule has 190 valence electrons. The summed E-state index contributed by atoms with van der Waals surface area (Å²) in [4.78, 5) is 17.4. The van der Waals surface area contributed by atoms with E-state index in [9.17, 15) is 13.2 Å². The highest BCUT2D eigenvalue weighted by molar-refractivity contribution is 7.89. The summed E-state index contributed by atoms with van der Waals surface area (Å²) in [7, 11) is -2.31. The number of carbonyl (C=O) groups is 1. The van der Waals surface area contributed by atoms with E-state index in [2.05, 4.69) is 33.9 Å². The number of aryl methyl sites for hydroxylation is 1. The number of carbonyl (C=O) groups excluding carboxylic acids is 1. The Balaban J connectivity index is 1.42. The molecular weight excluding hydrogens is 474 g/mol. The first kappa shape index (κ1) is 25.9. The molecule has 1 amide bonds. The first-order chi connectivity index (χ1) is 17.3. The number of sulfonamides is 1. The molecule has 7 nitrogen and oxygen atoms in total. The van der Waals surface area contributed by atoms with Crippen LogP contribution in [-0.2, 0) is 14.8 Å². The molecule has 4 rings (SSSR count). The van der Waals surface area contributed by atoms with Gasteiger partial charge in [-0.2, -0.15) is 4.72 Å². The number of benzene rings is 3. The third-order valence-electron chi connectivity index (χ3n) is 6.60. The maximum atomic E-state index is 13.2. The number of methoxy groups -OCH3 is 1. The molecule has 3 aromatic carbocycles. The van der Waals surface area contributed by atoms with Crippen molar-refractivity contribution in [2.75, 3.05) is 33.3 Å². The van der Waals surface area contributed by atoms with Crippen molar-refractivity contribution in [1.82, 2.24) is 14.5 Å². The van der Waals surface area contributed by atoms with Crippen LogP contribution in [0.15, 0.2) is 83.8 Å². The average molecular weight is 508 g/mol. The van der Waals surface area contributed by atoms with E-state index in [0.29, 0.717) is 37.5 Å². The number of nitrogens with zero attached hydrogens (tertiary/aromatic N) is 2. The number of amides is 1. The van der Waals surface area contributed by atoms with E-state index in [1.54, 1.807) is 30.9 Å². The average Bonchev–Trinajstić information content (AvgIpc) is 2.90. The Morgan fingerprint density at radius 1 is 0.889 bits per heavy atom. The molecule has 1 saturated heterocycles. The van der Waals surface area contributed by atoms with Crippen LogP contribution in [0.5, 0.6) is 5.75 Å². The number of hydrogen-bond donors (Lipinski definition) is 1. The minimum atomic E-state index is -3.85. The van der Waals surface area contributed by atoms with Crippen molar-refractivity contribution < 1.29 is 17.9 Å². The van der Waals surface area contributed by atoms with Crippen molar-refractivity contribution in [2.45, 2.75) is 30.8 Å². The van der Waals surface area contributed by atoms with Gasteiger partial charge in [-0.1, -0.05) is 60.7 Å². The molecule has 0 saturated carbocycles. The summed E-state index contributed by atoms with van der Waals surface area (Å²) in [6, 6.07) is 24.6. The summed E-state index contributed by atoms with van der Waals surface area (Å²) in [5, 5.41) is 0. The highest BCUT2D eigenvalue weighted by Crippen LogP contribution is 2.29. The third kappa shape index (κ3) is 5.78. The zero-order valence-corrected chi connectivity index (χ0v) is 21.7. The first-order valence-corrected chi connectivity index (χ1v) is 13.6. The summed E-state index contributed by atoms with van der Waals surface area (Å²) in [6.07, 6.45) is 0. The molecule has 8 heteroatoms. The Morgan fingerprint density at radius 2 is 1.44 bits per heavy atom. The van der Waals surface area contributed by atoms with Crippen LogP contribution in [0.1, 0.15) is 29.7 Å². The fourth-order valence-corrected chi connectivity index (χ4v) is 6.01. The van der Waals surface area contributed by atoms with Crippen LogP contribution >= 0.6 is 0 Å². The Bertz CT molecular complexity index is 1240. The van der Waals surface area contributed by atoms with Gasteiger partial charge in [0.1, 0.15) is 5.75 Å². The van der Waals surface area contributed by atoms with Crippen LogP contribution in [0.3, 0.4) is 0 Å². The standard InChI is InChI=1S/C28H33N3O4S/c1-21-20-25(14-15-26(21)35-3)36(33,34)29-22(2)28(32)31-18-16-30(17-19-31)27(23-10-6-4-7-11-23)24-12-8-5-9-13-24/h4-15,20,22,27,29H,16-19H2,1-3H3/t22-/m0/s1. The second-order valence-electron chi connectivity index (χ2n) is 9.06. The highest BCUT2D eigenvalue weighted by atomic mass is 32.2. The summed E-state index contributed by atoms with van der Waals surface area (Å²) >= 11 is 0. The van der Waals surface area contributed by atoms with Gasteiger partial charge in [-0.3, -0.25) is 9.69 Å². The maximum absolute atomic E-state index is 13.2. The van der Waals surface area contributed by atoms with Gasteiger partial charge in [-0.25, -0.2) is 8.42 Å². The Kier molecular flexibility index (Phi) is 8.08. The quantitative estimate of drug-likeness (QED) is 0.504. The molecule has 0 spiro atoms. The molecule has 0 aromatic heterocycles. The van der Waals surface area contributed by atoms with E-state index in [-0.39, 0.29) is 16.8 Å². The minimum absolute atomic E-state index is 0.0962. The van der Waals surface area contributed by atoms with Gasteiger partial charge in [-0.15, -0.1) is 0 Å². The van der Waals surface area contributed by atoms with Crippen LogP contribution in [-0.4, -0.2) is 63.5 Å². The fraction of sp³-hybridized carbons (Fsp3) is 0.321. The number of piperazine rings is 1. The molecule has 1 N–H and O–H groups in total. The van der Waals surface area contributed by atoms with Gasteiger partial charge >= 0.3 is 0 Å². The summed E-state index contributed by atoms with van der Waals surface area (Å²) < 4.78 is 33.6. The van der Waals surface area contributed by atoms with Gasteiger partial charge in [0.25, 0.3) is 0 Å². The lowest BCUT2D eigenvalue weighted by Crippen LogP contribution is -2.54. The minimum Gasteiger partial charge on any atom is -0.496 e. The molecule has 3 aromatic rings. The van der Waals surface area contributed by atoms with E-state index in [1.165, 1.54) is 24.3 Å². The van der Waals surface area contributed by atoms with Gasteiger partial charge in [0, 0.05) is 26.2 Å². The number of ether oxygens (including phenoxy) is 1. The normalized spacial score (nSPS) is 15.6.